The van der Waals surface area contributed by atoms with Crippen molar-refractivity contribution in [2.45, 2.75) is 39.4 Å². The van der Waals surface area contributed by atoms with Crippen molar-refractivity contribution in [2.24, 2.45) is 0 Å². The molecule has 102 valence electrons. The molecule has 1 aromatic heterocycles. The minimum atomic E-state index is -4.53. The molecule has 0 bridgehead atoms. The van der Waals surface area contributed by atoms with E-state index in [-0.39, 0.29) is 12.2 Å². The van der Waals surface area contributed by atoms with Gasteiger partial charge in [0.15, 0.2) is 11.2 Å². The zero-order valence-electron chi connectivity index (χ0n) is 10.6. The smallest absolute Gasteiger partial charge is 0.435 e. The lowest BCUT2D eigenvalue weighted by molar-refractivity contribution is -0.154. The molecule has 0 aliphatic carbocycles. The molecule has 0 aliphatic heterocycles. The first-order valence-electron chi connectivity index (χ1n) is 5.42. The summed E-state index contributed by atoms with van der Waals surface area (Å²) in [6.45, 7) is 6.00. The fraction of sp³-hybridized carbons (Fsp3) is 0.636. The van der Waals surface area contributed by atoms with E-state index in [1.54, 1.807) is 6.92 Å². The summed E-state index contributed by atoms with van der Waals surface area (Å²) in [6.07, 6.45) is -3.33. The standard InChI is InChI=1S/C11H15F3N2O2/c1-5-18-9(17)10(3,4)16-6-7(2)8(15-16)11(12,13)14/h6H,5H2,1-4H3. The number of aromatic nitrogens is 2. The van der Waals surface area contributed by atoms with Gasteiger partial charge < -0.3 is 4.74 Å². The van der Waals surface area contributed by atoms with Crippen LogP contribution in [0.3, 0.4) is 0 Å². The summed E-state index contributed by atoms with van der Waals surface area (Å²) >= 11 is 0. The summed E-state index contributed by atoms with van der Waals surface area (Å²) in [5.74, 6) is -0.624. The van der Waals surface area contributed by atoms with Crippen molar-refractivity contribution < 1.29 is 22.7 Å². The van der Waals surface area contributed by atoms with Crippen LogP contribution in [0.25, 0.3) is 0 Å². The molecule has 1 aromatic rings. The van der Waals surface area contributed by atoms with Gasteiger partial charge in [0, 0.05) is 6.20 Å². The second-order valence-corrected chi connectivity index (χ2v) is 4.38. The van der Waals surface area contributed by atoms with Gasteiger partial charge in [0.25, 0.3) is 0 Å². The lowest BCUT2D eigenvalue weighted by Crippen LogP contribution is -2.38. The number of halogens is 3. The minimum absolute atomic E-state index is 0.0279. The summed E-state index contributed by atoms with van der Waals surface area (Å²) < 4.78 is 43.6. The molecule has 0 atom stereocenters. The van der Waals surface area contributed by atoms with Crippen LogP contribution in [0, 0.1) is 6.92 Å². The van der Waals surface area contributed by atoms with E-state index < -0.39 is 23.4 Å². The molecule has 18 heavy (non-hydrogen) atoms. The number of rotatable bonds is 3. The van der Waals surface area contributed by atoms with Crippen LogP contribution >= 0.6 is 0 Å². The molecule has 0 radical (unpaired) electrons. The lowest BCUT2D eigenvalue weighted by atomic mass is 10.1. The Balaban J connectivity index is 3.15. The van der Waals surface area contributed by atoms with Gasteiger partial charge in [-0.25, -0.2) is 4.79 Å². The molecule has 0 saturated carbocycles. The molecule has 0 fully saturated rings. The summed E-state index contributed by atoms with van der Waals surface area (Å²) in [5.41, 5.74) is -2.29. The van der Waals surface area contributed by atoms with Crippen molar-refractivity contribution in [2.75, 3.05) is 6.61 Å². The average molecular weight is 264 g/mol. The molecule has 0 aliphatic rings. The second-order valence-electron chi connectivity index (χ2n) is 4.38. The highest BCUT2D eigenvalue weighted by atomic mass is 19.4. The minimum Gasteiger partial charge on any atom is -0.464 e. The first-order chi connectivity index (χ1) is 8.10. The molecule has 1 rings (SSSR count). The van der Waals surface area contributed by atoms with Crippen molar-refractivity contribution in [1.29, 1.82) is 0 Å². The number of hydrogen-bond acceptors (Lipinski definition) is 3. The van der Waals surface area contributed by atoms with Crippen LogP contribution in [0.4, 0.5) is 13.2 Å². The Labute approximate surface area is 103 Å². The highest BCUT2D eigenvalue weighted by Gasteiger charge is 2.39. The molecule has 0 unspecified atom stereocenters. The van der Waals surface area contributed by atoms with Gasteiger partial charge in [-0.05, 0) is 33.3 Å². The molecule has 0 spiro atoms. The zero-order chi connectivity index (χ0) is 14.1. The Hall–Kier alpha value is -1.53. The van der Waals surface area contributed by atoms with Crippen LogP contribution in [0.1, 0.15) is 32.0 Å². The van der Waals surface area contributed by atoms with Gasteiger partial charge in [-0.15, -0.1) is 0 Å². The third-order valence-electron chi connectivity index (χ3n) is 2.51. The Morgan fingerprint density at radius 1 is 1.44 bits per heavy atom. The molecular formula is C11H15F3N2O2. The third kappa shape index (κ3) is 2.65. The van der Waals surface area contributed by atoms with E-state index in [0.717, 1.165) is 4.68 Å². The van der Waals surface area contributed by atoms with E-state index in [1.165, 1.54) is 27.0 Å². The van der Waals surface area contributed by atoms with Crippen molar-refractivity contribution >= 4 is 5.97 Å². The summed E-state index contributed by atoms with van der Waals surface area (Å²) in [6, 6.07) is 0. The Bertz CT molecular complexity index is 450. The summed E-state index contributed by atoms with van der Waals surface area (Å²) in [7, 11) is 0. The first kappa shape index (κ1) is 14.5. The van der Waals surface area contributed by atoms with Crippen molar-refractivity contribution in [3.63, 3.8) is 0 Å². The Kier molecular flexibility index (Phi) is 3.73. The van der Waals surface area contributed by atoms with Crippen LogP contribution in [0.5, 0.6) is 0 Å². The number of esters is 1. The normalized spacial score (nSPS) is 12.6. The zero-order valence-corrected chi connectivity index (χ0v) is 10.6. The van der Waals surface area contributed by atoms with Gasteiger partial charge in [-0.1, -0.05) is 0 Å². The number of hydrogen-bond donors (Lipinski definition) is 0. The Morgan fingerprint density at radius 2 is 2.00 bits per heavy atom. The van der Waals surface area contributed by atoms with Crippen LogP contribution in [0.2, 0.25) is 0 Å². The molecule has 0 amide bonds. The maximum absolute atomic E-state index is 12.6. The van der Waals surface area contributed by atoms with Crippen LogP contribution in [0.15, 0.2) is 6.20 Å². The highest BCUT2D eigenvalue weighted by molar-refractivity contribution is 5.77. The van der Waals surface area contributed by atoms with E-state index in [0.29, 0.717) is 0 Å². The highest BCUT2D eigenvalue weighted by Crippen LogP contribution is 2.31. The molecule has 0 aromatic carbocycles. The van der Waals surface area contributed by atoms with Gasteiger partial charge >= 0.3 is 12.1 Å². The number of ether oxygens (including phenoxy) is 1. The lowest BCUT2D eigenvalue weighted by Gasteiger charge is -2.22. The predicted molar refractivity (Wildman–Crippen MR) is 57.9 cm³/mol. The van der Waals surface area contributed by atoms with Crippen LogP contribution < -0.4 is 0 Å². The number of carbonyl (C=O) groups is 1. The fourth-order valence-electron chi connectivity index (χ4n) is 1.43. The summed E-state index contributed by atoms with van der Waals surface area (Å²) in [5, 5.41) is 3.45. The van der Waals surface area contributed by atoms with E-state index in [1.807, 2.05) is 0 Å². The van der Waals surface area contributed by atoms with Gasteiger partial charge in [-0.2, -0.15) is 18.3 Å². The largest absolute Gasteiger partial charge is 0.464 e. The molecule has 0 saturated heterocycles. The average Bonchev–Trinajstić information content (AvgIpc) is 2.60. The fourth-order valence-corrected chi connectivity index (χ4v) is 1.43. The molecular weight excluding hydrogens is 249 g/mol. The van der Waals surface area contributed by atoms with Gasteiger partial charge in [0.2, 0.25) is 0 Å². The van der Waals surface area contributed by atoms with E-state index >= 15 is 0 Å². The molecule has 0 N–H and O–H groups in total. The number of aryl methyl sites for hydroxylation is 1. The molecule has 7 heteroatoms. The quantitative estimate of drug-likeness (QED) is 0.788. The monoisotopic (exact) mass is 264 g/mol. The third-order valence-corrected chi connectivity index (χ3v) is 2.51. The van der Waals surface area contributed by atoms with Gasteiger partial charge in [0.1, 0.15) is 0 Å². The molecule has 4 nitrogen and oxygen atoms in total. The van der Waals surface area contributed by atoms with Crippen molar-refractivity contribution in [3.05, 3.63) is 17.5 Å². The second kappa shape index (κ2) is 4.62. The van der Waals surface area contributed by atoms with Crippen LogP contribution in [-0.2, 0) is 21.2 Å². The first-order valence-corrected chi connectivity index (χ1v) is 5.42. The Morgan fingerprint density at radius 3 is 2.39 bits per heavy atom. The maximum atomic E-state index is 12.6. The maximum Gasteiger partial charge on any atom is 0.435 e. The van der Waals surface area contributed by atoms with E-state index in [4.69, 9.17) is 4.74 Å². The van der Waals surface area contributed by atoms with Crippen LogP contribution in [-0.4, -0.2) is 22.4 Å². The number of carbonyl (C=O) groups excluding carboxylic acids is 1. The summed E-state index contributed by atoms with van der Waals surface area (Å²) in [4.78, 5) is 11.7. The molecule has 1 heterocycles. The van der Waals surface area contributed by atoms with Gasteiger partial charge in [0.05, 0.1) is 6.61 Å². The number of nitrogens with zero attached hydrogens (tertiary/aromatic N) is 2. The predicted octanol–water partition coefficient (Wildman–Crippen LogP) is 2.51. The van der Waals surface area contributed by atoms with E-state index in [9.17, 15) is 18.0 Å². The van der Waals surface area contributed by atoms with E-state index in [2.05, 4.69) is 5.10 Å². The van der Waals surface area contributed by atoms with Gasteiger partial charge in [-0.3, -0.25) is 4.68 Å². The SMILES string of the molecule is CCOC(=O)C(C)(C)n1cc(C)c(C(F)(F)F)n1. The van der Waals surface area contributed by atoms with Crippen molar-refractivity contribution in [1.82, 2.24) is 9.78 Å². The topological polar surface area (TPSA) is 44.1 Å². The number of alkyl halides is 3. The van der Waals surface area contributed by atoms with Crippen molar-refractivity contribution in [3.8, 4) is 0 Å².